The van der Waals surface area contributed by atoms with E-state index in [2.05, 4.69) is 23.3 Å². The van der Waals surface area contributed by atoms with Gasteiger partial charge in [-0.15, -0.1) is 23.3 Å². The van der Waals surface area contributed by atoms with Crippen LogP contribution in [-0.4, -0.2) is 11.5 Å². The molecule has 0 aromatic rings. The molecule has 0 atom stereocenters. The summed E-state index contributed by atoms with van der Waals surface area (Å²) in [5.74, 6) is 2.36. The summed E-state index contributed by atoms with van der Waals surface area (Å²) in [4.78, 5) is 0. The van der Waals surface area contributed by atoms with Crippen molar-refractivity contribution >= 4 is 44.9 Å². The fourth-order valence-electron chi connectivity index (χ4n) is 0.510. The fraction of sp³-hybridized carbons (Fsp3) is 1.00. The van der Waals surface area contributed by atoms with Gasteiger partial charge in [0.15, 0.2) is 0 Å². The number of unbranched alkanes of at least 4 members (excludes halogenated alkanes) is 2. The van der Waals surface area contributed by atoms with E-state index in [1.165, 1.54) is 30.8 Å². The molecule has 0 saturated carbocycles. The molecule has 0 radical (unpaired) electrons. The lowest BCUT2D eigenvalue weighted by molar-refractivity contribution is 0.788. The molecule has 0 fully saturated rings. The van der Waals surface area contributed by atoms with Crippen LogP contribution in [-0.2, 0) is 0 Å². The molecule has 4 heteroatoms. The summed E-state index contributed by atoms with van der Waals surface area (Å²) in [5.41, 5.74) is 0. The molecule has 0 spiro atoms. The first kappa shape index (κ1) is 10.4. The first-order valence-electron chi connectivity index (χ1n) is 2.94. The highest BCUT2D eigenvalue weighted by atomic mass is 33.1. The Bertz CT molecular complexity index is 42.2. The molecular formula is C5H12S4. The highest BCUT2D eigenvalue weighted by Crippen LogP contribution is 2.12. The van der Waals surface area contributed by atoms with Crippen LogP contribution in [0.15, 0.2) is 0 Å². The van der Waals surface area contributed by atoms with Gasteiger partial charge in [-0.1, -0.05) is 28.0 Å². The average Bonchev–Trinajstić information content (AvgIpc) is 1.89. The lowest BCUT2D eigenvalue weighted by atomic mass is 10.3. The molecule has 0 N–H and O–H groups in total. The van der Waals surface area contributed by atoms with Crippen molar-refractivity contribution < 1.29 is 0 Å². The highest BCUT2D eigenvalue weighted by Gasteiger charge is 1.86. The van der Waals surface area contributed by atoms with Gasteiger partial charge >= 0.3 is 0 Å². The smallest absolute Gasteiger partial charge is 0.00345 e. The quantitative estimate of drug-likeness (QED) is 0.383. The number of hydrogen-bond donors (Lipinski definition) is 2. The zero-order valence-electron chi connectivity index (χ0n) is 5.25. The molecule has 0 aromatic heterocycles. The van der Waals surface area contributed by atoms with E-state index in [4.69, 9.17) is 0 Å². The Labute approximate surface area is 75.6 Å². The van der Waals surface area contributed by atoms with Crippen LogP contribution < -0.4 is 0 Å². The molecule has 0 amide bonds. The van der Waals surface area contributed by atoms with Crippen LogP contribution in [0.25, 0.3) is 0 Å². The SMILES string of the molecule is SSCCCCCSS. The van der Waals surface area contributed by atoms with Crippen LogP contribution in [0.1, 0.15) is 19.3 Å². The van der Waals surface area contributed by atoms with Crippen molar-refractivity contribution in [3.8, 4) is 0 Å². The number of rotatable bonds is 6. The van der Waals surface area contributed by atoms with Crippen LogP contribution in [0, 0.1) is 0 Å². The van der Waals surface area contributed by atoms with Crippen molar-refractivity contribution in [2.75, 3.05) is 11.5 Å². The van der Waals surface area contributed by atoms with Gasteiger partial charge in [0.25, 0.3) is 0 Å². The normalized spacial score (nSPS) is 10.0. The van der Waals surface area contributed by atoms with E-state index in [-0.39, 0.29) is 0 Å². The Morgan fingerprint density at radius 1 is 0.778 bits per heavy atom. The van der Waals surface area contributed by atoms with Gasteiger partial charge in [-0.3, -0.25) is 0 Å². The second-order valence-corrected chi connectivity index (χ2v) is 4.61. The van der Waals surface area contributed by atoms with E-state index in [0.29, 0.717) is 0 Å². The maximum Gasteiger partial charge on any atom is 0.00345 e. The van der Waals surface area contributed by atoms with Gasteiger partial charge in [0.05, 0.1) is 0 Å². The van der Waals surface area contributed by atoms with Gasteiger partial charge < -0.3 is 0 Å². The summed E-state index contributed by atoms with van der Waals surface area (Å²) in [7, 11) is 3.26. The topological polar surface area (TPSA) is 0 Å². The average molecular weight is 200 g/mol. The largest absolute Gasteiger partial charge is 0.111 e. The van der Waals surface area contributed by atoms with Crippen LogP contribution in [0.2, 0.25) is 0 Å². The van der Waals surface area contributed by atoms with Gasteiger partial charge in [-0.05, 0) is 12.8 Å². The van der Waals surface area contributed by atoms with Gasteiger partial charge in [0.2, 0.25) is 0 Å². The molecule has 56 valence electrons. The van der Waals surface area contributed by atoms with E-state index in [1.807, 2.05) is 0 Å². The minimum absolute atomic E-state index is 1.18. The van der Waals surface area contributed by atoms with Crippen molar-refractivity contribution in [1.29, 1.82) is 0 Å². The monoisotopic (exact) mass is 200 g/mol. The molecule has 0 bridgehead atoms. The van der Waals surface area contributed by atoms with Crippen LogP contribution in [0.3, 0.4) is 0 Å². The maximum absolute atomic E-state index is 4.04. The Hall–Kier alpha value is 1.40. The Balaban J connectivity index is 2.60. The first-order valence-corrected chi connectivity index (χ1v) is 7.02. The third-order valence-corrected chi connectivity index (χ3v) is 3.01. The van der Waals surface area contributed by atoms with Crippen molar-refractivity contribution in [3.05, 3.63) is 0 Å². The summed E-state index contributed by atoms with van der Waals surface area (Å²) in [6.45, 7) is 0. The first-order chi connectivity index (χ1) is 4.41. The second kappa shape index (κ2) is 9.40. The molecule has 0 aliphatic heterocycles. The molecule has 0 aromatic carbocycles. The molecule has 0 rings (SSSR count). The standard InChI is InChI=1S/C5H12S4/c6-8-4-2-1-3-5-9-7/h6-7H,1-5H2. The third kappa shape index (κ3) is 9.40. The van der Waals surface area contributed by atoms with Crippen LogP contribution >= 0.6 is 44.9 Å². The summed E-state index contributed by atoms with van der Waals surface area (Å²) in [6, 6.07) is 0. The van der Waals surface area contributed by atoms with Crippen molar-refractivity contribution in [1.82, 2.24) is 0 Å². The zero-order valence-corrected chi connectivity index (χ0v) is 8.67. The molecule has 0 heterocycles. The Kier molecular flexibility index (Phi) is 10.9. The summed E-state index contributed by atoms with van der Waals surface area (Å²) < 4.78 is 0. The molecule has 0 aliphatic carbocycles. The predicted molar refractivity (Wildman–Crippen MR) is 56.7 cm³/mol. The molecule has 9 heavy (non-hydrogen) atoms. The third-order valence-electron chi connectivity index (χ3n) is 0.971. The molecular weight excluding hydrogens is 188 g/mol. The highest BCUT2D eigenvalue weighted by molar-refractivity contribution is 8.68. The lowest BCUT2D eigenvalue weighted by Crippen LogP contribution is -1.79. The lowest BCUT2D eigenvalue weighted by Gasteiger charge is -1.94. The zero-order chi connectivity index (χ0) is 6.95. The van der Waals surface area contributed by atoms with Crippen LogP contribution in [0.4, 0.5) is 0 Å². The van der Waals surface area contributed by atoms with Crippen LogP contribution in [0.5, 0.6) is 0 Å². The Morgan fingerprint density at radius 3 is 1.56 bits per heavy atom. The number of hydrogen-bond acceptors (Lipinski definition) is 4. The minimum Gasteiger partial charge on any atom is -0.111 e. The van der Waals surface area contributed by atoms with E-state index in [0.717, 1.165) is 0 Å². The van der Waals surface area contributed by atoms with Gasteiger partial charge in [-0.25, -0.2) is 0 Å². The van der Waals surface area contributed by atoms with E-state index < -0.39 is 0 Å². The number of thiol groups is 2. The summed E-state index contributed by atoms with van der Waals surface area (Å²) >= 11 is 8.08. The van der Waals surface area contributed by atoms with Crippen molar-refractivity contribution in [2.24, 2.45) is 0 Å². The van der Waals surface area contributed by atoms with Crippen molar-refractivity contribution in [2.45, 2.75) is 19.3 Å². The van der Waals surface area contributed by atoms with Gasteiger partial charge in [0, 0.05) is 11.5 Å². The molecule has 0 saturated heterocycles. The predicted octanol–water partition coefficient (Wildman–Crippen LogP) is 3.31. The fourth-order valence-corrected chi connectivity index (χ4v) is 1.95. The Morgan fingerprint density at radius 2 is 1.22 bits per heavy atom. The summed E-state index contributed by atoms with van der Waals surface area (Å²) in [5, 5.41) is 0. The molecule has 0 unspecified atom stereocenters. The summed E-state index contributed by atoms with van der Waals surface area (Å²) in [6.07, 6.45) is 3.91. The molecule has 0 aliphatic rings. The van der Waals surface area contributed by atoms with Gasteiger partial charge in [0.1, 0.15) is 0 Å². The van der Waals surface area contributed by atoms with Crippen molar-refractivity contribution in [3.63, 3.8) is 0 Å². The maximum atomic E-state index is 4.04. The van der Waals surface area contributed by atoms with E-state index >= 15 is 0 Å². The van der Waals surface area contributed by atoms with E-state index in [9.17, 15) is 0 Å². The second-order valence-electron chi connectivity index (χ2n) is 1.73. The van der Waals surface area contributed by atoms with E-state index in [1.54, 1.807) is 21.6 Å². The van der Waals surface area contributed by atoms with Gasteiger partial charge in [-0.2, -0.15) is 0 Å². The minimum atomic E-state index is 1.18. The molecule has 0 nitrogen and oxygen atoms in total.